The molecule has 3 rings (SSSR count). The number of benzene rings is 1. The fourth-order valence-electron chi connectivity index (χ4n) is 2.61. The van der Waals surface area contributed by atoms with E-state index < -0.39 is 5.91 Å². The second-order valence-corrected chi connectivity index (χ2v) is 6.66. The van der Waals surface area contributed by atoms with E-state index in [-0.39, 0.29) is 5.69 Å². The second kappa shape index (κ2) is 8.36. The number of hydrogen-bond donors (Lipinski definition) is 0. The summed E-state index contributed by atoms with van der Waals surface area (Å²) in [6, 6.07) is 5.32. The van der Waals surface area contributed by atoms with Crippen LogP contribution >= 0.6 is 11.3 Å². The zero-order valence-electron chi connectivity index (χ0n) is 15.6. The number of amides is 1. The molecule has 2 aromatic heterocycles. The molecule has 9 heteroatoms. The molecule has 0 spiro atoms. The van der Waals surface area contributed by atoms with Crippen LogP contribution in [0, 0.1) is 6.92 Å². The van der Waals surface area contributed by atoms with E-state index in [0.29, 0.717) is 41.8 Å². The molecule has 0 aliphatic heterocycles. The Morgan fingerprint density at radius 2 is 2.00 bits per heavy atom. The highest BCUT2D eigenvalue weighted by Crippen LogP contribution is 2.33. The molecule has 0 bridgehead atoms. The molecule has 2 heterocycles. The van der Waals surface area contributed by atoms with E-state index in [4.69, 9.17) is 18.7 Å². The van der Waals surface area contributed by atoms with Gasteiger partial charge in [0.2, 0.25) is 0 Å². The number of hydrogen-bond acceptors (Lipinski definition) is 7. The van der Waals surface area contributed by atoms with Crippen LogP contribution < -0.4 is 14.3 Å². The van der Waals surface area contributed by atoms with Crippen molar-refractivity contribution in [3.63, 3.8) is 0 Å². The monoisotopic (exact) mass is 391 g/mol. The van der Waals surface area contributed by atoms with E-state index in [0.717, 1.165) is 10.2 Å². The Balaban J connectivity index is 2.12. The first-order chi connectivity index (χ1) is 13.1. The standard InChI is InChI=1S/C18H21N3O5S/c1-5-25-7-6-21-13-9-14(23-3)15(24-4)10-16(13)27-18(21)19-17(22)12-8-11(2)26-20-12/h8-10H,5-7H2,1-4H3. The minimum absolute atomic E-state index is 0.177. The number of fused-ring (bicyclic) bond motifs is 1. The molecule has 0 saturated heterocycles. The van der Waals surface area contributed by atoms with Crippen LogP contribution in [0.25, 0.3) is 10.2 Å². The minimum Gasteiger partial charge on any atom is -0.493 e. The largest absolute Gasteiger partial charge is 0.493 e. The van der Waals surface area contributed by atoms with Crippen LogP contribution in [0.3, 0.4) is 0 Å². The fraction of sp³-hybridized carbons (Fsp3) is 0.389. The summed E-state index contributed by atoms with van der Waals surface area (Å²) in [7, 11) is 3.17. The van der Waals surface area contributed by atoms with E-state index in [1.54, 1.807) is 27.2 Å². The van der Waals surface area contributed by atoms with Gasteiger partial charge in [0.05, 0.1) is 31.0 Å². The van der Waals surface area contributed by atoms with Crippen LogP contribution in [-0.2, 0) is 11.3 Å². The quantitative estimate of drug-likeness (QED) is 0.576. The maximum absolute atomic E-state index is 12.5. The zero-order chi connectivity index (χ0) is 19.4. The van der Waals surface area contributed by atoms with Crippen LogP contribution in [-0.4, -0.2) is 43.1 Å². The third-order valence-electron chi connectivity index (χ3n) is 3.90. The molecule has 1 amide bonds. The van der Waals surface area contributed by atoms with Gasteiger partial charge in [0.1, 0.15) is 5.76 Å². The van der Waals surface area contributed by atoms with Crippen molar-refractivity contribution in [2.75, 3.05) is 27.4 Å². The first-order valence-corrected chi connectivity index (χ1v) is 9.24. The maximum atomic E-state index is 12.5. The molecule has 0 saturated carbocycles. The molecular formula is C18H21N3O5S. The van der Waals surface area contributed by atoms with E-state index in [2.05, 4.69) is 10.1 Å². The van der Waals surface area contributed by atoms with Crippen molar-refractivity contribution in [2.24, 2.45) is 4.99 Å². The Labute approximate surface area is 160 Å². The van der Waals surface area contributed by atoms with Gasteiger partial charge in [-0.15, -0.1) is 0 Å². The van der Waals surface area contributed by atoms with Gasteiger partial charge in [-0.05, 0) is 13.8 Å². The topological polar surface area (TPSA) is 88.1 Å². The molecule has 27 heavy (non-hydrogen) atoms. The highest BCUT2D eigenvalue weighted by Gasteiger charge is 2.15. The summed E-state index contributed by atoms with van der Waals surface area (Å²) in [5, 5.41) is 3.74. The molecule has 0 fully saturated rings. The number of methoxy groups -OCH3 is 2. The number of carbonyl (C=O) groups is 1. The van der Waals surface area contributed by atoms with Crippen LogP contribution in [0.2, 0.25) is 0 Å². The molecule has 0 aliphatic carbocycles. The predicted octanol–water partition coefficient (Wildman–Crippen LogP) is 2.79. The molecule has 0 unspecified atom stereocenters. The van der Waals surface area contributed by atoms with Gasteiger partial charge in [-0.3, -0.25) is 4.79 Å². The van der Waals surface area contributed by atoms with Gasteiger partial charge in [-0.2, -0.15) is 4.99 Å². The van der Waals surface area contributed by atoms with Gasteiger partial charge < -0.3 is 23.3 Å². The van der Waals surface area contributed by atoms with Gasteiger partial charge >= 0.3 is 5.91 Å². The van der Waals surface area contributed by atoms with Crippen molar-refractivity contribution in [2.45, 2.75) is 20.4 Å². The minimum atomic E-state index is -0.456. The number of thiazole rings is 1. The SMILES string of the molecule is CCOCCn1c(=NC(=O)c2cc(C)on2)sc2cc(OC)c(OC)cc21. The molecule has 0 N–H and O–H groups in total. The third-order valence-corrected chi connectivity index (χ3v) is 4.94. The summed E-state index contributed by atoms with van der Waals surface area (Å²) in [5.74, 6) is 1.33. The van der Waals surface area contributed by atoms with E-state index in [1.807, 2.05) is 23.6 Å². The summed E-state index contributed by atoms with van der Waals surface area (Å²) < 4.78 is 24.1. The highest BCUT2D eigenvalue weighted by molar-refractivity contribution is 7.16. The van der Waals surface area contributed by atoms with E-state index in [1.165, 1.54) is 11.3 Å². The Hall–Kier alpha value is -2.65. The van der Waals surface area contributed by atoms with Crippen molar-refractivity contribution in [1.29, 1.82) is 0 Å². The third kappa shape index (κ3) is 4.04. The summed E-state index contributed by atoms with van der Waals surface area (Å²) in [6.45, 7) is 5.33. The van der Waals surface area contributed by atoms with Gasteiger partial charge in [0.25, 0.3) is 0 Å². The van der Waals surface area contributed by atoms with Crippen molar-refractivity contribution >= 4 is 27.5 Å². The summed E-state index contributed by atoms with van der Waals surface area (Å²) >= 11 is 1.39. The molecule has 3 aromatic rings. The predicted molar refractivity (Wildman–Crippen MR) is 101 cm³/mol. The Kier molecular flexibility index (Phi) is 5.92. The average molecular weight is 391 g/mol. The smallest absolute Gasteiger partial charge is 0.301 e. The molecule has 0 aliphatic rings. The van der Waals surface area contributed by atoms with Crippen molar-refractivity contribution in [3.05, 3.63) is 34.5 Å². The van der Waals surface area contributed by atoms with Gasteiger partial charge in [-0.1, -0.05) is 16.5 Å². The summed E-state index contributed by atoms with van der Waals surface area (Å²) in [6.07, 6.45) is 0. The first-order valence-electron chi connectivity index (χ1n) is 8.42. The lowest BCUT2D eigenvalue weighted by Crippen LogP contribution is -2.19. The van der Waals surface area contributed by atoms with Gasteiger partial charge in [0.15, 0.2) is 22.0 Å². The Morgan fingerprint density at radius 1 is 1.26 bits per heavy atom. The number of rotatable bonds is 7. The lowest BCUT2D eigenvalue weighted by Gasteiger charge is -2.09. The average Bonchev–Trinajstić information content (AvgIpc) is 3.24. The number of aromatic nitrogens is 2. The summed E-state index contributed by atoms with van der Waals surface area (Å²) in [4.78, 5) is 17.3. The number of aryl methyl sites for hydroxylation is 1. The van der Waals surface area contributed by atoms with Crippen LogP contribution in [0.5, 0.6) is 11.5 Å². The van der Waals surface area contributed by atoms with Crippen molar-refractivity contribution in [1.82, 2.24) is 9.72 Å². The molecule has 144 valence electrons. The van der Waals surface area contributed by atoms with Crippen LogP contribution in [0.1, 0.15) is 23.2 Å². The van der Waals surface area contributed by atoms with Crippen LogP contribution in [0.4, 0.5) is 0 Å². The molecule has 0 atom stereocenters. The number of carbonyl (C=O) groups excluding carboxylic acids is 1. The summed E-state index contributed by atoms with van der Waals surface area (Å²) in [5.41, 5.74) is 1.07. The van der Waals surface area contributed by atoms with Crippen molar-refractivity contribution < 1.29 is 23.5 Å². The maximum Gasteiger partial charge on any atom is 0.301 e. The van der Waals surface area contributed by atoms with Crippen LogP contribution in [0.15, 0.2) is 27.7 Å². The zero-order valence-corrected chi connectivity index (χ0v) is 16.5. The number of ether oxygens (including phenoxy) is 3. The second-order valence-electron chi connectivity index (χ2n) is 5.65. The first kappa shape index (κ1) is 19.1. The lowest BCUT2D eigenvalue weighted by atomic mass is 10.3. The Morgan fingerprint density at radius 3 is 2.63 bits per heavy atom. The van der Waals surface area contributed by atoms with E-state index in [9.17, 15) is 4.79 Å². The van der Waals surface area contributed by atoms with Gasteiger partial charge in [0, 0.05) is 31.4 Å². The Bertz CT molecular complexity index is 1020. The molecular weight excluding hydrogens is 370 g/mol. The molecule has 1 aromatic carbocycles. The highest BCUT2D eigenvalue weighted by atomic mass is 32.1. The number of nitrogens with zero attached hydrogens (tertiary/aromatic N) is 3. The fourth-order valence-corrected chi connectivity index (χ4v) is 3.67. The van der Waals surface area contributed by atoms with E-state index >= 15 is 0 Å². The molecule has 0 radical (unpaired) electrons. The van der Waals surface area contributed by atoms with Crippen molar-refractivity contribution in [3.8, 4) is 11.5 Å². The molecule has 8 nitrogen and oxygen atoms in total. The normalized spacial score (nSPS) is 11.9. The van der Waals surface area contributed by atoms with Gasteiger partial charge in [-0.25, -0.2) is 0 Å². The lowest BCUT2D eigenvalue weighted by molar-refractivity contribution is 0.0988.